The maximum absolute atomic E-state index is 5.94. The summed E-state index contributed by atoms with van der Waals surface area (Å²) in [5, 5.41) is 13.4. The number of anilines is 1. The largest absolute Gasteiger partial charge is 0.375 e. The summed E-state index contributed by atoms with van der Waals surface area (Å²) < 4.78 is 13.6. The van der Waals surface area contributed by atoms with Crippen LogP contribution < -0.4 is 4.90 Å². The third kappa shape index (κ3) is 2.86. The van der Waals surface area contributed by atoms with Gasteiger partial charge in [0.05, 0.1) is 12.7 Å². The molecule has 0 N–H and O–H groups in total. The predicted octanol–water partition coefficient (Wildman–Crippen LogP) is 1.81. The van der Waals surface area contributed by atoms with Crippen LogP contribution in [0.3, 0.4) is 0 Å². The monoisotopic (exact) mass is 331 g/mol. The van der Waals surface area contributed by atoms with Gasteiger partial charge in [-0.15, -0.1) is 15.3 Å². The van der Waals surface area contributed by atoms with E-state index in [1.807, 2.05) is 16.6 Å². The Bertz CT molecular complexity index is 717. The minimum Gasteiger partial charge on any atom is -0.375 e. The molecule has 2 saturated heterocycles. The van der Waals surface area contributed by atoms with Crippen LogP contribution in [0.15, 0.2) is 12.1 Å². The molecule has 0 aromatic carbocycles. The lowest BCUT2D eigenvalue weighted by atomic mass is 9.96. The second kappa shape index (κ2) is 5.97. The van der Waals surface area contributed by atoms with Crippen molar-refractivity contribution in [1.82, 2.24) is 19.8 Å². The highest BCUT2D eigenvalue weighted by molar-refractivity contribution is 5.46. The molecule has 7 nitrogen and oxygen atoms in total. The molecule has 2 unspecified atom stereocenters. The summed E-state index contributed by atoms with van der Waals surface area (Å²) in [5.74, 6) is 1.82. The molecule has 24 heavy (non-hydrogen) atoms. The minimum absolute atomic E-state index is 0.101. The van der Waals surface area contributed by atoms with Crippen molar-refractivity contribution in [2.75, 3.05) is 31.2 Å². The van der Waals surface area contributed by atoms with Crippen molar-refractivity contribution in [3.63, 3.8) is 0 Å². The van der Waals surface area contributed by atoms with Gasteiger partial charge in [0.25, 0.3) is 0 Å². The van der Waals surface area contributed by atoms with E-state index >= 15 is 0 Å². The molecule has 2 atom stereocenters. The van der Waals surface area contributed by atoms with E-state index in [4.69, 9.17) is 14.6 Å². The van der Waals surface area contributed by atoms with E-state index in [0.29, 0.717) is 6.61 Å². The highest BCUT2D eigenvalue weighted by atomic mass is 16.5. The molecule has 7 heteroatoms. The SMILES string of the molecule is CC(C)(C)c1nnc2ccc(N3CCOC(C4CCCO4)C3)nn12. The first-order valence-electron chi connectivity index (χ1n) is 8.73. The molecule has 2 aliphatic rings. The highest BCUT2D eigenvalue weighted by Gasteiger charge is 2.32. The Balaban J connectivity index is 1.61. The third-order valence-electron chi connectivity index (χ3n) is 4.72. The fourth-order valence-corrected chi connectivity index (χ4v) is 3.42. The molecule has 0 aliphatic carbocycles. The van der Waals surface area contributed by atoms with Crippen LogP contribution in [0, 0.1) is 0 Å². The Hall–Kier alpha value is -1.73. The van der Waals surface area contributed by atoms with Gasteiger partial charge in [-0.2, -0.15) is 4.52 Å². The first-order chi connectivity index (χ1) is 11.5. The average Bonchev–Trinajstić information content (AvgIpc) is 3.23. The van der Waals surface area contributed by atoms with E-state index in [-0.39, 0.29) is 17.6 Å². The number of aromatic nitrogens is 4. The van der Waals surface area contributed by atoms with Crippen LogP contribution in [-0.4, -0.2) is 58.3 Å². The van der Waals surface area contributed by atoms with Crippen molar-refractivity contribution < 1.29 is 9.47 Å². The maximum atomic E-state index is 5.94. The molecule has 4 heterocycles. The van der Waals surface area contributed by atoms with Gasteiger partial charge in [0.2, 0.25) is 0 Å². The van der Waals surface area contributed by atoms with Crippen molar-refractivity contribution in [3.05, 3.63) is 18.0 Å². The van der Waals surface area contributed by atoms with E-state index < -0.39 is 0 Å². The number of hydrogen-bond acceptors (Lipinski definition) is 6. The molecule has 2 aliphatic heterocycles. The Morgan fingerprint density at radius 2 is 1.92 bits per heavy atom. The molecule has 2 aromatic heterocycles. The Labute approximate surface area is 141 Å². The predicted molar refractivity (Wildman–Crippen MR) is 90.4 cm³/mol. The van der Waals surface area contributed by atoms with Crippen LogP contribution >= 0.6 is 0 Å². The molecule has 130 valence electrons. The number of hydrogen-bond donors (Lipinski definition) is 0. The molecule has 0 bridgehead atoms. The van der Waals surface area contributed by atoms with E-state index in [9.17, 15) is 0 Å². The lowest BCUT2D eigenvalue weighted by molar-refractivity contribution is -0.0544. The fourth-order valence-electron chi connectivity index (χ4n) is 3.42. The zero-order chi connectivity index (χ0) is 16.7. The maximum Gasteiger partial charge on any atom is 0.178 e. The molecule has 0 radical (unpaired) electrons. The minimum atomic E-state index is -0.101. The second-order valence-electron chi connectivity index (χ2n) is 7.64. The molecule has 0 saturated carbocycles. The normalized spacial score (nSPS) is 25.5. The Kier molecular flexibility index (Phi) is 3.92. The standard InChI is InChI=1S/C17H25N5O2/c1-17(2,3)16-19-18-14-6-7-15(20-22(14)16)21-8-10-24-13(11-21)12-5-4-9-23-12/h6-7,12-13H,4-5,8-11H2,1-3H3. The molecular weight excluding hydrogens is 306 g/mol. The zero-order valence-corrected chi connectivity index (χ0v) is 14.6. The van der Waals surface area contributed by atoms with Gasteiger partial charge in [0.15, 0.2) is 11.5 Å². The van der Waals surface area contributed by atoms with Crippen LogP contribution in [0.25, 0.3) is 5.65 Å². The Morgan fingerprint density at radius 3 is 2.67 bits per heavy atom. The summed E-state index contributed by atoms with van der Waals surface area (Å²) in [7, 11) is 0. The van der Waals surface area contributed by atoms with Gasteiger partial charge < -0.3 is 14.4 Å². The summed E-state index contributed by atoms with van der Waals surface area (Å²) >= 11 is 0. The molecular formula is C17H25N5O2. The third-order valence-corrected chi connectivity index (χ3v) is 4.72. The van der Waals surface area contributed by atoms with Gasteiger partial charge in [-0.25, -0.2) is 0 Å². The van der Waals surface area contributed by atoms with Crippen LogP contribution in [0.4, 0.5) is 5.82 Å². The number of ether oxygens (including phenoxy) is 2. The van der Waals surface area contributed by atoms with Gasteiger partial charge in [-0.1, -0.05) is 20.8 Å². The first-order valence-corrected chi connectivity index (χ1v) is 8.73. The summed E-state index contributed by atoms with van der Waals surface area (Å²) in [4.78, 5) is 2.28. The van der Waals surface area contributed by atoms with E-state index in [1.165, 1.54) is 0 Å². The lowest BCUT2D eigenvalue weighted by Gasteiger charge is -2.36. The van der Waals surface area contributed by atoms with Gasteiger partial charge in [-0.05, 0) is 25.0 Å². The van der Waals surface area contributed by atoms with E-state index in [2.05, 4.69) is 35.9 Å². The first kappa shape index (κ1) is 15.8. The molecule has 2 aromatic rings. The molecule has 0 amide bonds. The molecule has 4 rings (SSSR count). The van der Waals surface area contributed by atoms with Crippen molar-refractivity contribution >= 4 is 11.5 Å². The second-order valence-corrected chi connectivity index (χ2v) is 7.64. The van der Waals surface area contributed by atoms with Crippen LogP contribution in [-0.2, 0) is 14.9 Å². The Morgan fingerprint density at radius 1 is 1.08 bits per heavy atom. The number of morpholine rings is 1. The van der Waals surface area contributed by atoms with Crippen molar-refractivity contribution in [2.24, 2.45) is 0 Å². The smallest absolute Gasteiger partial charge is 0.178 e. The summed E-state index contributed by atoms with van der Waals surface area (Å²) in [6.45, 7) is 9.59. The van der Waals surface area contributed by atoms with Gasteiger partial charge in [0, 0.05) is 25.1 Å². The lowest BCUT2D eigenvalue weighted by Crippen LogP contribution is -2.48. The molecule has 2 fully saturated rings. The topological polar surface area (TPSA) is 64.8 Å². The average molecular weight is 331 g/mol. The summed E-state index contributed by atoms with van der Waals surface area (Å²) in [5.41, 5.74) is 0.684. The number of fused-ring (bicyclic) bond motifs is 1. The van der Waals surface area contributed by atoms with Crippen molar-refractivity contribution in [2.45, 2.75) is 51.2 Å². The summed E-state index contributed by atoms with van der Waals surface area (Å²) in [6.07, 6.45) is 2.56. The van der Waals surface area contributed by atoms with Crippen LogP contribution in [0.2, 0.25) is 0 Å². The number of nitrogens with zero attached hydrogens (tertiary/aromatic N) is 5. The van der Waals surface area contributed by atoms with Gasteiger partial charge in [-0.3, -0.25) is 0 Å². The quantitative estimate of drug-likeness (QED) is 0.836. The highest BCUT2D eigenvalue weighted by Crippen LogP contribution is 2.25. The van der Waals surface area contributed by atoms with Crippen molar-refractivity contribution in [3.8, 4) is 0 Å². The fraction of sp³-hybridized carbons (Fsp3) is 0.706. The summed E-state index contributed by atoms with van der Waals surface area (Å²) in [6, 6.07) is 4.01. The van der Waals surface area contributed by atoms with Crippen molar-refractivity contribution in [1.29, 1.82) is 0 Å². The van der Waals surface area contributed by atoms with E-state index in [1.54, 1.807) is 0 Å². The molecule has 0 spiro atoms. The van der Waals surface area contributed by atoms with Gasteiger partial charge in [0.1, 0.15) is 11.9 Å². The zero-order valence-electron chi connectivity index (χ0n) is 14.6. The van der Waals surface area contributed by atoms with Crippen LogP contribution in [0.1, 0.15) is 39.4 Å². The number of rotatable bonds is 2. The van der Waals surface area contributed by atoms with Crippen LogP contribution in [0.5, 0.6) is 0 Å². The van der Waals surface area contributed by atoms with Gasteiger partial charge >= 0.3 is 0 Å². The van der Waals surface area contributed by atoms with E-state index in [0.717, 1.165) is 49.8 Å².